The molecule has 2 saturated heterocycles. The van der Waals surface area contributed by atoms with Crippen LogP contribution in [-0.2, 0) is 4.79 Å². The number of halogens is 2. The molecule has 3 aliphatic rings. The van der Waals surface area contributed by atoms with Gasteiger partial charge in [0.15, 0.2) is 0 Å². The zero-order chi connectivity index (χ0) is 15.3. The van der Waals surface area contributed by atoms with Crippen molar-refractivity contribution < 1.29 is 13.6 Å². The Morgan fingerprint density at radius 1 is 1.18 bits per heavy atom. The van der Waals surface area contributed by atoms with E-state index in [0.717, 1.165) is 18.5 Å². The van der Waals surface area contributed by atoms with Gasteiger partial charge in [0.1, 0.15) is 6.17 Å². The molecule has 6 heteroatoms. The first-order valence-corrected chi connectivity index (χ1v) is 7.83. The van der Waals surface area contributed by atoms with E-state index < -0.39 is 18.5 Å². The van der Waals surface area contributed by atoms with E-state index in [1.54, 1.807) is 0 Å². The van der Waals surface area contributed by atoms with Gasteiger partial charge in [-0.3, -0.25) is 9.80 Å². The molecule has 2 N–H and O–H groups in total. The van der Waals surface area contributed by atoms with Crippen molar-refractivity contribution in [1.29, 1.82) is 0 Å². The number of hydrogen-bond acceptors (Lipinski definition) is 3. The van der Waals surface area contributed by atoms with E-state index in [4.69, 9.17) is 0 Å². The van der Waals surface area contributed by atoms with Crippen LogP contribution in [0.25, 0.3) is 0 Å². The lowest BCUT2D eigenvalue weighted by Gasteiger charge is -2.37. The Labute approximate surface area is 127 Å². The summed E-state index contributed by atoms with van der Waals surface area (Å²) in [4.78, 5) is 11.9. The number of nitrogens with one attached hydrogen (secondary N) is 2. The minimum atomic E-state index is -2.46. The van der Waals surface area contributed by atoms with Gasteiger partial charge in [-0.05, 0) is 30.9 Å². The SMILES string of the molecule is O=C1CC(C(F)F)C2C(C3CC3)NN(c3ccccc3)C2N1. The van der Waals surface area contributed by atoms with Crippen molar-refractivity contribution in [3.63, 3.8) is 0 Å². The van der Waals surface area contributed by atoms with Gasteiger partial charge in [0.25, 0.3) is 0 Å². The van der Waals surface area contributed by atoms with Crippen LogP contribution in [0.1, 0.15) is 19.3 Å². The highest BCUT2D eigenvalue weighted by atomic mass is 19.3. The van der Waals surface area contributed by atoms with Gasteiger partial charge in [0.2, 0.25) is 12.3 Å². The first-order valence-electron chi connectivity index (χ1n) is 7.83. The normalized spacial score (nSPS) is 34.7. The van der Waals surface area contributed by atoms with Crippen LogP contribution in [0.15, 0.2) is 30.3 Å². The summed E-state index contributed by atoms with van der Waals surface area (Å²) in [6.45, 7) is 0. The van der Waals surface area contributed by atoms with Gasteiger partial charge in [-0.1, -0.05) is 18.2 Å². The molecule has 118 valence electrons. The molecular formula is C16H19F2N3O. The first-order chi connectivity index (χ1) is 10.6. The molecule has 1 saturated carbocycles. The summed E-state index contributed by atoms with van der Waals surface area (Å²) in [5.41, 5.74) is 4.30. The molecule has 22 heavy (non-hydrogen) atoms. The maximum atomic E-state index is 13.5. The molecule has 1 aromatic rings. The second-order valence-electron chi connectivity index (χ2n) is 6.49. The number of anilines is 1. The van der Waals surface area contributed by atoms with E-state index in [1.165, 1.54) is 0 Å². The molecule has 4 unspecified atom stereocenters. The molecule has 1 amide bonds. The number of amides is 1. The third-order valence-electron chi connectivity index (χ3n) is 5.06. The number of hydrazine groups is 1. The monoisotopic (exact) mass is 307 g/mol. The van der Waals surface area contributed by atoms with Crippen molar-refractivity contribution in [2.45, 2.75) is 37.9 Å². The smallest absolute Gasteiger partial charge is 0.242 e. The number of benzene rings is 1. The Morgan fingerprint density at radius 2 is 1.91 bits per heavy atom. The fourth-order valence-corrected chi connectivity index (χ4v) is 3.89. The lowest BCUT2D eigenvalue weighted by Crippen LogP contribution is -2.56. The molecule has 0 aromatic heterocycles. The van der Waals surface area contributed by atoms with Crippen LogP contribution >= 0.6 is 0 Å². The van der Waals surface area contributed by atoms with Gasteiger partial charge in [-0.2, -0.15) is 0 Å². The van der Waals surface area contributed by atoms with E-state index in [-0.39, 0.29) is 24.3 Å². The standard InChI is InChI=1S/C16H19F2N3O/c17-15(18)11-8-12(22)19-16-13(11)14(9-6-7-9)20-21(16)10-4-2-1-3-5-10/h1-5,9,11,13-16,20H,6-8H2,(H,19,22). The van der Waals surface area contributed by atoms with Crippen LogP contribution in [0.3, 0.4) is 0 Å². The van der Waals surface area contributed by atoms with Gasteiger partial charge < -0.3 is 5.32 Å². The fourth-order valence-electron chi connectivity index (χ4n) is 3.89. The number of alkyl halides is 2. The molecule has 4 atom stereocenters. The molecule has 1 aromatic carbocycles. The molecule has 3 fully saturated rings. The predicted molar refractivity (Wildman–Crippen MR) is 78.1 cm³/mol. The van der Waals surface area contributed by atoms with Crippen molar-refractivity contribution in [3.8, 4) is 0 Å². The summed E-state index contributed by atoms with van der Waals surface area (Å²) >= 11 is 0. The molecule has 0 radical (unpaired) electrons. The largest absolute Gasteiger partial charge is 0.334 e. The van der Waals surface area contributed by atoms with Crippen LogP contribution in [0, 0.1) is 17.8 Å². The highest BCUT2D eigenvalue weighted by Crippen LogP contribution is 2.46. The third kappa shape index (κ3) is 2.26. The van der Waals surface area contributed by atoms with Crippen molar-refractivity contribution >= 4 is 11.6 Å². The number of piperidine rings is 1. The summed E-state index contributed by atoms with van der Waals surface area (Å²) in [5.74, 6) is -0.959. The molecule has 1 aliphatic carbocycles. The van der Waals surface area contributed by atoms with Crippen LogP contribution in [0.2, 0.25) is 0 Å². The second-order valence-corrected chi connectivity index (χ2v) is 6.49. The van der Waals surface area contributed by atoms with Crippen molar-refractivity contribution in [2.24, 2.45) is 17.8 Å². The average Bonchev–Trinajstić information content (AvgIpc) is 3.28. The highest BCUT2D eigenvalue weighted by molar-refractivity contribution is 5.78. The number of rotatable bonds is 3. The Balaban J connectivity index is 1.69. The maximum Gasteiger partial charge on any atom is 0.242 e. The molecular weight excluding hydrogens is 288 g/mol. The maximum absolute atomic E-state index is 13.5. The number of hydrogen-bond donors (Lipinski definition) is 2. The average molecular weight is 307 g/mol. The molecule has 4 nitrogen and oxygen atoms in total. The third-order valence-corrected chi connectivity index (χ3v) is 5.06. The van der Waals surface area contributed by atoms with Gasteiger partial charge in [-0.15, -0.1) is 0 Å². The van der Waals surface area contributed by atoms with E-state index in [9.17, 15) is 13.6 Å². The van der Waals surface area contributed by atoms with Crippen LogP contribution < -0.4 is 15.8 Å². The highest BCUT2D eigenvalue weighted by Gasteiger charge is 2.55. The summed E-state index contributed by atoms with van der Waals surface area (Å²) in [7, 11) is 0. The lowest BCUT2D eigenvalue weighted by molar-refractivity contribution is -0.129. The second kappa shape index (κ2) is 5.19. The summed E-state index contributed by atoms with van der Waals surface area (Å²) in [6, 6.07) is 9.60. The zero-order valence-corrected chi connectivity index (χ0v) is 12.1. The molecule has 0 spiro atoms. The fraction of sp³-hybridized carbons (Fsp3) is 0.562. The van der Waals surface area contributed by atoms with Crippen molar-refractivity contribution in [2.75, 3.05) is 5.01 Å². The van der Waals surface area contributed by atoms with Crippen molar-refractivity contribution in [1.82, 2.24) is 10.7 Å². The Hall–Kier alpha value is -1.69. The Morgan fingerprint density at radius 3 is 2.55 bits per heavy atom. The van der Waals surface area contributed by atoms with Crippen LogP contribution in [0.4, 0.5) is 14.5 Å². The van der Waals surface area contributed by atoms with E-state index in [0.29, 0.717) is 5.92 Å². The Bertz CT molecular complexity index is 564. The van der Waals surface area contributed by atoms with E-state index in [1.807, 2.05) is 35.3 Å². The van der Waals surface area contributed by atoms with Gasteiger partial charge in [-0.25, -0.2) is 14.2 Å². The molecule has 4 rings (SSSR count). The zero-order valence-electron chi connectivity index (χ0n) is 12.1. The molecule has 2 aliphatic heterocycles. The number of para-hydroxylation sites is 1. The summed E-state index contributed by atoms with van der Waals surface area (Å²) in [6.07, 6.45) is -0.779. The van der Waals surface area contributed by atoms with E-state index >= 15 is 0 Å². The van der Waals surface area contributed by atoms with Gasteiger partial charge in [0.05, 0.1) is 5.69 Å². The quantitative estimate of drug-likeness (QED) is 0.899. The van der Waals surface area contributed by atoms with Gasteiger partial charge in [0, 0.05) is 24.3 Å². The Kier molecular flexibility index (Phi) is 3.29. The lowest BCUT2D eigenvalue weighted by atomic mass is 9.78. The first kappa shape index (κ1) is 13.9. The van der Waals surface area contributed by atoms with Crippen LogP contribution in [-0.4, -0.2) is 24.5 Å². The van der Waals surface area contributed by atoms with E-state index in [2.05, 4.69) is 10.7 Å². The minimum Gasteiger partial charge on any atom is -0.334 e. The number of nitrogens with zero attached hydrogens (tertiary/aromatic N) is 1. The number of carbonyl (C=O) groups is 1. The van der Waals surface area contributed by atoms with Crippen LogP contribution in [0.5, 0.6) is 0 Å². The topological polar surface area (TPSA) is 44.4 Å². The molecule has 2 heterocycles. The van der Waals surface area contributed by atoms with Crippen molar-refractivity contribution in [3.05, 3.63) is 30.3 Å². The predicted octanol–water partition coefficient (Wildman–Crippen LogP) is 2.13. The number of carbonyl (C=O) groups excluding carboxylic acids is 1. The molecule has 0 bridgehead atoms. The van der Waals surface area contributed by atoms with Gasteiger partial charge >= 0.3 is 0 Å². The summed E-state index contributed by atoms with van der Waals surface area (Å²) in [5, 5.41) is 4.79. The minimum absolute atomic E-state index is 0.0183. The number of fused-ring (bicyclic) bond motifs is 1. The summed E-state index contributed by atoms with van der Waals surface area (Å²) < 4.78 is 27.0.